The molecule has 20 heavy (non-hydrogen) atoms. The molecule has 1 rings (SSSR count). The van der Waals surface area contributed by atoms with Gasteiger partial charge in [0.1, 0.15) is 0 Å². The van der Waals surface area contributed by atoms with E-state index < -0.39 is 5.97 Å². The van der Waals surface area contributed by atoms with Crippen molar-refractivity contribution in [2.75, 3.05) is 20.8 Å². The van der Waals surface area contributed by atoms with E-state index in [-0.39, 0.29) is 12.5 Å². The molecule has 1 aromatic rings. The lowest BCUT2D eigenvalue weighted by atomic mass is 10.1. The van der Waals surface area contributed by atoms with Crippen molar-refractivity contribution in [1.82, 2.24) is 4.90 Å². The van der Waals surface area contributed by atoms with Crippen LogP contribution in [0.3, 0.4) is 0 Å². The Labute approximate surface area is 120 Å². The number of para-hydroxylation sites is 1. The summed E-state index contributed by atoms with van der Waals surface area (Å²) in [5.74, 6) is 0.608. The van der Waals surface area contributed by atoms with Crippen molar-refractivity contribution in [1.29, 1.82) is 0 Å². The maximum atomic E-state index is 10.8. The highest BCUT2D eigenvalue weighted by atomic mass is 16.5. The Kier molecular flexibility index (Phi) is 6.31. The van der Waals surface area contributed by atoms with Gasteiger partial charge >= 0.3 is 5.97 Å². The van der Waals surface area contributed by atoms with E-state index in [1.165, 1.54) is 0 Å². The molecule has 1 N–H and O–H groups in total. The Morgan fingerprint density at radius 1 is 1.35 bits per heavy atom. The molecule has 0 aromatic heterocycles. The molecule has 5 heteroatoms. The first-order valence-corrected chi connectivity index (χ1v) is 6.69. The molecule has 1 aromatic carbocycles. The van der Waals surface area contributed by atoms with Crippen LogP contribution >= 0.6 is 0 Å². The van der Waals surface area contributed by atoms with Gasteiger partial charge in [0.2, 0.25) is 0 Å². The fourth-order valence-electron chi connectivity index (χ4n) is 2.26. The third-order valence-electron chi connectivity index (χ3n) is 3.36. The van der Waals surface area contributed by atoms with Gasteiger partial charge in [-0.3, -0.25) is 9.69 Å². The van der Waals surface area contributed by atoms with Crippen LogP contribution in [-0.4, -0.2) is 42.8 Å². The third kappa shape index (κ3) is 4.13. The number of benzene rings is 1. The number of carbonyl (C=O) groups is 1. The van der Waals surface area contributed by atoms with Crippen LogP contribution in [0, 0.1) is 0 Å². The summed E-state index contributed by atoms with van der Waals surface area (Å²) in [6.45, 7) is 5.34. The molecule has 0 aliphatic rings. The largest absolute Gasteiger partial charge is 0.493 e. The standard InChI is InChI=1S/C15H23NO4/c1-5-16(11(2)9-14(17)18)10-12-7-6-8-13(19-3)15(12)20-4/h6-8,11H,5,9-10H2,1-4H3,(H,17,18). The molecule has 1 unspecified atom stereocenters. The average molecular weight is 281 g/mol. The summed E-state index contributed by atoms with van der Waals surface area (Å²) in [6.07, 6.45) is 0.125. The lowest BCUT2D eigenvalue weighted by Gasteiger charge is -2.27. The summed E-state index contributed by atoms with van der Waals surface area (Å²) in [5.41, 5.74) is 0.992. The van der Waals surface area contributed by atoms with Gasteiger partial charge in [0.05, 0.1) is 20.6 Å². The van der Waals surface area contributed by atoms with Crippen LogP contribution in [-0.2, 0) is 11.3 Å². The van der Waals surface area contributed by atoms with Crippen molar-refractivity contribution >= 4 is 5.97 Å². The first kappa shape index (κ1) is 16.3. The predicted molar refractivity (Wildman–Crippen MR) is 77.3 cm³/mol. The van der Waals surface area contributed by atoms with Crippen LogP contribution in [0.5, 0.6) is 11.5 Å². The Morgan fingerprint density at radius 3 is 2.55 bits per heavy atom. The molecule has 0 bridgehead atoms. The Morgan fingerprint density at radius 2 is 2.05 bits per heavy atom. The average Bonchev–Trinajstić information content (AvgIpc) is 2.43. The van der Waals surface area contributed by atoms with Gasteiger partial charge in [-0.15, -0.1) is 0 Å². The van der Waals surface area contributed by atoms with E-state index in [1.807, 2.05) is 32.0 Å². The maximum Gasteiger partial charge on any atom is 0.304 e. The van der Waals surface area contributed by atoms with E-state index in [9.17, 15) is 4.79 Å². The number of hydrogen-bond donors (Lipinski definition) is 1. The quantitative estimate of drug-likeness (QED) is 0.793. The zero-order valence-corrected chi connectivity index (χ0v) is 12.5. The molecule has 0 amide bonds. The second kappa shape index (κ2) is 7.75. The minimum Gasteiger partial charge on any atom is -0.493 e. The first-order valence-electron chi connectivity index (χ1n) is 6.69. The summed E-state index contributed by atoms with van der Waals surface area (Å²) < 4.78 is 10.7. The SMILES string of the molecule is CCN(Cc1cccc(OC)c1OC)C(C)CC(=O)O. The Bertz CT molecular complexity index is 447. The molecule has 0 saturated heterocycles. The van der Waals surface area contributed by atoms with Crippen molar-refractivity contribution in [3.63, 3.8) is 0 Å². The monoisotopic (exact) mass is 281 g/mol. The van der Waals surface area contributed by atoms with Gasteiger partial charge in [-0.05, 0) is 19.5 Å². The third-order valence-corrected chi connectivity index (χ3v) is 3.36. The highest BCUT2D eigenvalue weighted by Gasteiger charge is 2.18. The van der Waals surface area contributed by atoms with Crippen LogP contribution < -0.4 is 9.47 Å². The van der Waals surface area contributed by atoms with E-state index in [2.05, 4.69) is 4.90 Å². The molecule has 1 atom stereocenters. The number of aliphatic carboxylic acids is 1. The van der Waals surface area contributed by atoms with Gasteiger partial charge in [-0.2, -0.15) is 0 Å². The summed E-state index contributed by atoms with van der Waals surface area (Å²) >= 11 is 0. The number of nitrogens with zero attached hydrogens (tertiary/aromatic N) is 1. The minimum atomic E-state index is -0.784. The Balaban J connectivity index is 2.92. The first-order chi connectivity index (χ1) is 9.53. The van der Waals surface area contributed by atoms with Crippen molar-refractivity contribution in [3.8, 4) is 11.5 Å². The zero-order valence-electron chi connectivity index (χ0n) is 12.5. The van der Waals surface area contributed by atoms with Gasteiger partial charge in [0, 0.05) is 18.2 Å². The van der Waals surface area contributed by atoms with E-state index in [1.54, 1.807) is 14.2 Å². The lowest BCUT2D eigenvalue weighted by molar-refractivity contribution is -0.138. The number of ether oxygens (including phenoxy) is 2. The molecular weight excluding hydrogens is 258 g/mol. The van der Waals surface area contributed by atoms with E-state index in [0.717, 1.165) is 12.1 Å². The highest BCUT2D eigenvalue weighted by Crippen LogP contribution is 2.31. The second-order valence-electron chi connectivity index (χ2n) is 4.66. The molecule has 0 aliphatic heterocycles. The van der Waals surface area contributed by atoms with Crippen molar-refractivity contribution in [2.45, 2.75) is 32.9 Å². The molecule has 5 nitrogen and oxygen atoms in total. The lowest BCUT2D eigenvalue weighted by Crippen LogP contribution is -2.34. The van der Waals surface area contributed by atoms with Crippen LogP contribution in [0.15, 0.2) is 18.2 Å². The normalized spacial score (nSPS) is 12.2. The number of carboxylic acids is 1. The van der Waals surface area contributed by atoms with Crippen LogP contribution in [0.1, 0.15) is 25.8 Å². The summed E-state index contributed by atoms with van der Waals surface area (Å²) in [5, 5.41) is 8.91. The molecule has 0 fully saturated rings. The predicted octanol–water partition coefficient (Wildman–Crippen LogP) is 2.39. The number of carboxylic acid groups (broad SMARTS) is 1. The van der Waals surface area contributed by atoms with Gasteiger partial charge in [0.15, 0.2) is 11.5 Å². The highest BCUT2D eigenvalue weighted by molar-refractivity contribution is 5.67. The summed E-state index contributed by atoms with van der Waals surface area (Å²) in [7, 11) is 3.21. The summed E-state index contributed by atoms with van der Waals surface area (Å²) in [4.78, 5) is 12.9. The van der Waals surface area contributed by atoms with Crippen LogP contribution in [0.25, 0.3) is 0 Å². The van der Waals surface area contributed by atoms with Gasteiger partial charge < -0.3 is 14.6 Å². The molecule has 112 valence electrons. The maximum absolute atomic E-state index is 10.8. The smallest absolute Gasteiger partial charge is 0.304 e. The number of methoxy groups -OCH3 is 2. The fraction of sp³-hybridized carbons (Fsp3) is 0.533. The number of hydrogen-bond acceptors (Lipinski definition) is 4. The van der Waals surface area contributed by atoms with Crippen LogP contribution in [0.4, 0.5) is 0 Å². The second-order valence-corrected chi connectivity index (χ2v) is 4.66. The molecule has 0 spiro atoms. The summed E-state index contributed by atoms with van der Waals surface area (Å²) in [6, 6.07) is 5.69. The van der Waals surface area contributed by atoms with Gasteiger partial charge in [-0.1, -0.05) is 19.1 Å². The topological polar surface area (TPSA) is 59.0 Å². The molecule has 0 aliphatic carbocycles. The molecular formula is C15H23NO4. The van der Waals surface area contributed by atoms with Crippen molar-refractivity contribution in [3.05, 3.63) is 23.8 Å². The molecule has 0 saturated carbocycles. The fourth-order valence-corrected chi connectivity index (χ4v) is 2.26. The van der Waals surface area contributed by atoms with Gasteiger partial charge in [-0.25, -0.2) is 0 Å². The van der Waals surface area contributed by atoms with E-state index in [0.29, 0.717) is 18.0 Å². The Hall–Kier alpha value is -1.75. The van der Waals surface area contributed by atoms with Crippen LogP contribution in [0.2, 0.25) is 0 Å². The van der Waals surface area contributed by atoms with E-state index >= 15 is 0 Å². The van der Waals surface area contributed by atoms with E-state index in [4.69, 9.17) is 14.6 Å². The number of rotatable bonds is 8. The molecule has 0 radical (unpaired) electrons. The van der Waals surface area contributed by atoms with Crippen molar-refractivity contribution in [2.24, 2.45) is 0 Å². The van der Waals surface area contributed by atoms with Gasteiger partial charge in [0.25, 0.3) is 0 Å². The molecule has 0 heterocycles. The minimum absolute atomic E-state index is 0.0339. The van der Waals surface area contributed by atoms with Crippen molar-refractivity contribution < 1.29 is 19.4 Å². The zero-order chi connectivity index (χ0) is 15.1.